The van der Waals surface area contributed by atoms with Crippen LogP contribution in [0.2, 0.25) is 5.82 Å². The molecule has 2 aliphatic rings. The second kappa shape index (κ2) is 2.14. The maximum atomic E-state index is 5.88. The van der Waals surface area contributed by atoms with Gasteiger partial charge in [-0.25, -0.2) is 0 Å². The van der Waals surface area contributed by atoms with E-state index in [4.69, 9.17) is 7.85 Å². The molecule has 0 N–H and O–H groups in total. The van der Waals surface area contributed by atoms with Gasteiger partial charge in [0.25, 0.3) is 0 Å². The van der Waals surface area contributed by atoms with E-state index in [1.165, 1.54) is 19.3 Å². The summed E-state index contributed by atoms with van der Waals surface area (Å²) in [5, 5.41) is 0. The van der Waals surface area contributed by atoms with Crippen LogP contribution < -0.4 is 0 Å². The van der Waals surface area contributed by atoms with Gasteiger partial charge in [-0.2, -0.15) is 0 Å². The topological polar surface area (TPSA) is 0 Å². The molecule has 4 atom stereocenters. The largest absolute Gasteiger partial charge is 0.0823 e. The molecule has 2 bridgehead atoms. The van der Waals surface area contributed by atoms with Crippen LogP contribution in [-0.2, 0) is 0 Å². The van der Waals surface area contributed by atoms with Crippen molar-refractivity contribution in [1.82, 2.24) is 0 Å². The summed E-state index contributed by atoms with van der Waals surface area (Å²) in [6.45, 7) is 0. The minimum atomic E-state index is 0.556. The maximum absolute atomic E-state index is 5.88. The molecule has 2 saturated carbocycles. The fourth-order valence-corrected chi connectivity index (χ4v) is 3.49. The van der Waals surface area contributed by atoms with E-state index < -0.39 is 0 Å². The van der Waals surface area contributed by atoms with E-state index in [9.17, 15) is 0 Å². The van der Waals surface area contributed by atoms with Crippen LogP contribution in [0.25, 0.3) is 0 Å². The van der Waals surface area contributed by atoms with Crippen molar-refractivity contribution < 1.29 is 0 Å². The lowest BCUT2D eigenvalue weighted by molar-refractivity contribution is 0.503. The van der Waals surface area contributed by atoms with Gasteiger partial charge in [0, 0.05) is 3.92 Å². The molecule has 0 spiro atoms. The molecule has 0 aromatic carbocycles. The van der Waals surface area contributed by atoms with Crippen LogP contribution in [0.5, 0.6) is 0 Å². The maximum Gasteiger partial charge on any atom is 0.0703 e. The van der Waals surface area contributed by atoms with E-state index in [0.717, 1.165) is 15.8 Å². The molecule has 2 aliphatic carbocycles. The van der Waals surface area contributed by atoms with E-state index >= 15 is 0 Å². The van der Waals surface area contributed by atoms with E-state index in [1.807, 2.05) is 0 Å². The van der Waals surface area contributed by atoms with Gasteiger partial charge in [-0.3, -0.25) is 0 Å². The molecule has 2 rings (SSSR count). The summed E-state index contributed by atoms with van der Waals surface area (Å²) in [7, 11) is 5.88. The van der Waals surface area contributed by atoms with E-state index in [1.54, 1.807) is 0 Å². The third kappa shape index (κ3) is 0.939. The predicted molar refractivity (Wildman–Crippen MR) is 48.1 cm³/mol. The fourth-order valence-electron chi connectivity index (χ4n) is 2.25. The second-order valence-electron chi connectivity index (χ2n) is 3.41. The highest BCUT2D eigenvalue weighted by Gasteiger charge is 2.41. The number of hydrogen-bond donors (Lipinski definition) is 0. The van der Waals surface area contributed by atoms with Crippen LogP contribution in [0.4, 0.5) is 0 Å². The first-order valence-electron chi connectivity index (χ1n) is 3.67. The standard InChI is InChI=1S/C7H10BI/c8-6-2-5-1-4(6)3-7(5)9/h4-7H,1-3H2. The summed E-state index contributed by atoms with van der Waals surface area (Å²) in [5.74, 6) is 2.42. The molecular formula is C7H10BI. The number of fused-ring (bicyclic) bond motifs is 2. The quantitative estimate of drug-likeness (QED) is 0.341. The van der Waals surface area contributed by atoms with Crippen molar-refractivity contribution in [1.29, 1.82) is 0 Å². The van der Waals surface area contributed by atoms with Gasteiger partial charge < -0.3 is 0 Å². The lowest BCUT2D eigenvalue weighted by atomic mass is 9.75. The zero-order valence-corrected chi connectivity index (χ0v) is 7.54. The summed E-state index contributed by atoms with van der Waals surface area (Å²) in [5.41, 5.74) is 0. The molecule has 9 heavy (non-hydrogen) atoms. The van der Waals surface area contributed by atoms with Crippen LogP contribution in [0.3, 0.4) is 0 Å². The molecule has 0 aromatic rings. The smallest absolute Gasteiger partial charge is 0.0703 e. The first-order valence-corrected chi connectivity index (χ1v) is 4.91. The van der Waals surface area contributed by atoms with Gasteiger partial charge in [-0.15, -0.1) is 0 Å². The van der Waals surface area contributed by atoms with Gasteiger partial charge in [0.15, 0.2) is 0 Å². The van der Waals surface area contributed by atoms with Crippen LogP contribution in [0.1, 0.15) is 19.3 Å². The Bertz CT molecular complexity index is 108. The van der Waals surface area contributed by atoms with E-state index in [0.29, 0.717) is 5.82 Å². The highest BCUT2D eigenvalue weighted by molar-refractivity contribution is 14.1. The summed E-state index contributed by atoms with van der Waals surface area (Å²) >= 11 is 2.58. The van der Waals surface area contributed by atoms with Gasteiger partial charge in [-0.1, -0.05) is 34.8 Å². The lowest BCUT2D eigenvalue weighted by Crippen LogP contribution is -2.13. The van der Waals surface area contributed by atoms with Crippen LogP contribution in [-0.4, -0.2) is 11.8 Å². The summed E-state index contributed by atoms with van der Waals surface area (Å²) < 4.78 is 0.951. The van der Waals surface area contributed by atoms with Gasteiger partial charge in [-0.05, 0) is 24.7 Å². The number of hydrogen-bond acceptors (Lipinski definition) is 0. The van der Waals surface area contributed by atoms with Gasteiger partial charge in [0.1, 0.15) is 0 Å². The van der Waals surface area contributed by atoms with E-state index in [2.05, 4.69) is 22.6 Å². The average molecular weight is 232 g/mol. The Morgan fingerprint density at radius 2 is 1.89 bits per heavy atom. The Kier molecular flexibility index (Phi) is 1.55. The van der Waals surface area contributed by atoms with Crippen LogP contribution in [0.15, 0.2) is 0 Å². The predicted octanol–water partition coefficient (Wildman–Crippen LogP) is 2.18. The minimum absolute atomic E-state index is 0.556. The molecule has 2 radical (unpaired) electrons. The van der Waals surface area contributed by atoms with Crippen LogP contribution >= 0.6 is 22.6 Å². The molecule has 0 aliphatic heterocycles. The third-order valence-corrected chi connectivity index (χ3v) is 4.35. The summed E-state index contributed by atoms with van der Waals surface area (Å²) in [6, 6.07) is 0. The van der Waals surface area contributed by atoms with Crippen molar-refractivity contribution in [2.24, 2.45) is 11.8 Å². The summed E-state index contributed by atoms with van der Waals surface area (Å²) in [6.07, 6.45) is 4.12. The van der Waals surface area contributed by atoms with Crippen molar-refractivity contribution in [3.8, 4) is 0 Å². The third-order valence-electron chi connectivity index (χ3n) is 2.83. The molecule has 0 nitrogen and oxygen atoms in total. The van der Waals surface area contributed by atoms with Crippen molar-refractivity contribution in [2.45, 2.75) is 29.0 Å². The van der Waals surface area contributed by atoms with Gasteiger partial charge >= 0.3 is 0 Å². The first kappa shape index (κ1) is 6.50. The normalized spacial score (nSPS) is 56.6. The zero-order chi connectivity index (χ0) is 6.43. The van der Waals surface area contributed by atoms with E-state index in [-0.39, 0.29) is 0 Å². The molecule has 2 fully saturated rings. The summed E-state index contributed by atoms with van der Waals surface area (Å²) in [4.78, 5) is 0. The first-order chi connectivity index (χ1) is 4.27. The molecule has 0 heterocycles. The molecule has 0 aromatic heterocycles. The van der Waals surface area contributed by atoms with Gasteiger partial charge in [0.05, 0.1) is 7.85 Å². The molecule has 0 amide bonds. The Morgan fingerprint density at radius 3 is 2.22 bits per heavy atom. The highest BCUT2D eigenvalue weighted by atomic mass is 127. The Balaban J connectivity index is 2.10. The zero-order valence-electron chi connectivity index (χ0n) is 5.39. The molecule has 2 heteroatoms. The number of alkyl halides is 1. The van der Waals surface area contributed by atoms with Crippen molar-refractivity contribution >= 4 is 30.4 Å². The lowest BCUT2D eigenvalue weighted by Gasteiger charge is -2.20. The molecule has 4 unspecified atom stereocenters. The Morgan fingerprint density at radius 1 is 1.11 bits per heavy atom. The molecular weight excluding hydrogens is 222 g/mol. The highest BCUT2D eigenvalue weighted by Crippen LogP contribution is 2.52. The SMILES string of the molecule is [B]C1CC2CC1CC2I. The molecule has 0 saturated heterocycles. The van der Waals surface area contributed by atoms with Crippen molar-refractivity contribution in [3.05, 3.63) is 0 Å². The van der Waals surface area contributed by atoms with Crippen molar-refractivity contribution in [3.63, 3.8) is 0 Å². The monoisotopic (exact) mass is 232 g/mol. The number of halogens is 1. The Hall–Kier alpha value is 0.795. The van der Waals surface area contributed by atoms with Crippen LogP contribution in [0, 0.1) is 11.8 Å². The second-order valence-corrected chi connectivity index (χ2v) is 5.01. The molecule has 48 valence electrons. The average Bonchev–Trinajstić information content (AvgIpc) is 2.24. The number of rotatable bonds is 0. The van der Waals surface area contributed by atoms with Crippen molar-refractivity contribution in [2.75, 3.05) is 0 Å². The Labute approximate surface area is 71.3 Å². The minimum Gasteiger partial charge on any atom is -0.0823 e. The fraction of sp³-hybridized carbons (Fsp3) is 1.00. The van der Waals surface area contributed by atoms with Gasteiger partial charge in [0.2, 0.25) is 0 Å².